The quantitative estimate of drug-likeness (QED) is 0.0321. The molecule has 1 aliphatic heterocycles. The number of anilines is 16. The summed E-state index contributed by atoms with van der Waals surface area (Å²) in [6.45, 7) is 6.29. The second-order valence-electron chi connectivity index (χ2n) is 34.7. The van der Waals surface area contributed by atoms with Gasteiger partial charge < -0.3 is 102 Å². The van der Waals surface area contributed by atoms with Gasteiger partial charge in [0.05, 0.1) is 117 Å². The zero-order valence-corrected chi connectivity index (χ0v) is 81.1. The fourth-order valence-corrected chi connectivity index (χ4v) is 17.0. The van der Waals surface area contributed by atoms with Crippen LogP contribution in [0.15, 0.2) is 265 Å². The van der Waals surface area contributed by atoms with Crippen LogP contribution in [0.25, 0.3) is 0 Å². The molecule has 0 aromatic heterocycles. The Morgan fingerprint density at radius 1 is 0.353 bits per heavy atom. The number of benzene rings is 12. The van der Waals surface area contributed by atoms with Crippen LogP contribution in [-0.2, 0) is 12.6 Å². The average Bonchev–Trinajstić information content (AvgIpc) is 0.778. The van der Waals surface area contributed by atoms with Crippen LogP contribution in [0.4, 0.5) is 104 Å². The molecule has 2 aliphatic carbocycles. The van der Waals surface area contributed by atoms with Gasteiger partial charge in [0.15, 0.2) is 11.5 Å². The molecule has 0 bridgehead atoms. The van der Waals surface area contributed by atoms with E-state index in [-0.39, 0.29) is 22.6 Å². The van der Waals surface area contributed by atoms with Crippen LogP contribution in [0.3, 0.4) is 0 Å². The SMILES string of the molecule is CN(C)c1ccccc1N(C)c1ccccc1N(C)C.CN(c1ccccc1C(=O)O)c1ccccc1C(=O)O.Cc1ccc(N(C)C)c(N(C)c2cc(C)ccc2N(C)C)c1.Cc1ccc(N(C)c2ccc(C(F)(F)F)cc2N(C)C)c(N(C)C)c1.NC1CCCCC1NC1CCCCC1N.Nc1cccc2c1Oc1c(N)cccc1C2.Oc1ccccc1Sc1ccccc1O. The normalized spacial score (nSPS) is 14.4. The first kappa shape index (κ1) is 103. The number of phenolic OH excluding ortho intramolecular Hbond substituents is 2. The van der Waals surface area contributed by atoms with Gasteiger partial charge in [-0.15, -0.1) is 0 Å². The summed E-state index contributed by atoms with van der Waals surface area (Å²) >= 11 is 1.34. The van der Waals surface area contributed by atoms with E-state index in [2.05, 4.69) is 210 Å². The summed E-state index contributed by atoms with van der Waals surface area (Å²) in [6, 6.07) is 80.4. The van der Waals surface area contributed by atoms with Crippen LogP contribution in [0, 0.1) is 20.8 Å². The summed E-state index contributed by atoms with van der Waals surface area (Å²) in [4.78, 5) is 44.3. The molecule has 4 atom stereocenters. The molecule has 1 heterocycles. The van der Waals surface area contributed by atoms with Gasteiger partial charge in [0, 0.05) is 154 Å². The summed E-state index contributed by atoms with van der Waals surface area (Å²) in [5, 5.41) is 41.2. The number of phenols is 2. The van der Waals surface area contributed by atoms with Crippen molar-refractivity contribution >= 4 is 115 Å². The fourth-order valence-electron chi connectivity index (χ4n) is 16.1. The molecule has 26 heteroatoms. The average molecular weight is 1830 g/mol. The van der Waals surface area contributed by atoms with E-state index in [1.54, 1.807) is 91.6 Å². The monoisotopic (exact) mass is 1830 g/mol. The van der Waals surface area contributed by atoms with Crippen LogP contribution >= 0.6 is 11.8 Å². The van der Waals surface area contributed by atoms with Crippen molar-refractivity contribution in [1.29, 1.82) is 0 Å². The molecular weight excluding hydrogens is 1700 g/mol. The van der Waals surface area contributed by atoms with Crippen molar-refractivity contribution in [1.82, 2.24) is 5.32 Å². The van der Waals surface area contributed by atoms with Gasteiger partial charge in [0.1, 0.15) is 11.5 Å². The highest BCUT2D eigenvalue weighted by Gasteiger charge is 2.33. The Labute approximate surface area is 789 Å². The minimum atomic E-state index is -4.36. The fraction of sp³-hybridized carbons (Fsp3) is 0.308. The number of ether oxygens (including phenoxy) is 1. The third-order valence-electron chi connectivity index (χ3n) is 23.4. The van der Waals surface area contributed by atoms with Crippen molar-refractivity contribution < 1.29 is 47.9 Å². The zero-order chi connectivity index (χ0) is 97.2. The number of nitrogen functional groups attached to an aromatic ring is 2. The first-order valence-electron chi connectivity index (χ1n) is 44.5. The zero-order valence-electron chi connectivity index (χ0n) is 80.3. The predicted molar refractivity (Wildman–Crippen MR) is 551 cm³/mol. The Balaban J connectivity index is 0.000000175. The lowest BCUT2D eigenvalue weighted by Crippen LogP contribution is -2.56. The van der Waals surface area contributed by atoms with Crippen molar-refractivity contribution in [3.05, 3.63) is 299 Å². The maximum atomic E-state index is 13.1. The van der Waals surface area contributed by atoms with E-state index >= 15 is 0 Å². The summed E-state index contributed by atoms with van der Waals surface area (Å²) < 4.78 is 45.0. The van der Waals surface area contributed by atoms with Crippen molar-refractivity contribution in [2.45, 2.75) is 119 Å². The molecule has 2 saturated carbocycles. The van der Waals surface area contributed by atoms with Crippen LogP contribution in [0.1, 0.15) is 105 Å². The van der Waals surface area contributed by atoms with E-state index in [1.165, 1.54) is 144 Å². The number of nitrogens with zero attached hydrogens (tertiary/aromatic N) is 10. The van der Waals surface area contributed by atoms with E-state index in [0.717, 1.165) is 61.8 Å². The Morgan fingerprint density at radius 3 is 1.01 bits per heavy atom. The van der Waals surface area contributed by atoms with Crippen LogP contribution in [0.5, 0.6) is 23.0 Å². The molecule has 0 spiro atoms. The molecule has 2 fully saturated rings. The summed E-state index contributed by atoms with van der Waals surface area (Å²) in [6.07, 6.45) is 6.56. The van der Waals surface area contributed by atoms with Crippen LogP contribution < -0.4 is 82.0 Å². The van der Waals surface area contributed by atoms with E-state index < -0.39 is 23.7 Å². The van der Waals surface area contributed by atoms with E-state index in [1.807, 2.05) is 111 Å². The van der Waals surface area contributed by atoms with Crippen molar-refractivity contribution in [3.63, 3.8) is 0 Å². The number of hydrogen-bond acceptors (Lipinski definition) is 21. The molecule has 13 N–H and O–H groups in total. The van der Waals surface area contributed by atoms with Crippen molar-refractivity contribution in [2.24, 2.45) is 11.5 Å². The number of aryl methyl sites for hydroxylation is 3. The molecule has 3 aliphatic rings. The van der Waals surface area contributed by atoms with E-state index in [9.17, 15) is 43.2 Å². The molecule has 4 unspecified atom stereocenters. The highest BCUT2D eigenvalue weighted by atomic mass is 32.2. The number of hydrogen-bond donors (Lipinski definition) is 9. The standard InChI is InChI=1S/C19H24F3N3.C19H27N3.C17H23N3.C15H13NO4.C13H12N2O.C12H25N3.C12H10O2S/c1-13-7-9-15(17(11-13)23(2)3)25(6)16-10-8-14(19(20,21)22)12-18(16)24(4)5;1-14-8-10-16(20(3)4)18(12-14)22(7)19-13-15(2)9-11-17(19)21(5)6;1-18(2)14-10-6-8-12-16(14)20(5)17-13-9-7-11-15(17)19(3)4;1-16(12-8-4-2-6-10(12)14(17)18)13-9-5-3-7-11(13)15(19)20;14-10-5-1-3-8-7-9-4-2-6-11(15)13(9)16-12(8)10;2*13-9-5-1-3-7-11(9)15-12-8-4-2-6-10(12)14/h7-12H,1-6H3;8-13H,1-7H3;6-13H,1-5H3;2-9H,1H3,(H,17,18)(H,19,20);1-6H,7,14-15H2;9-12,15H,1-8,13-14H2;1-8,13-14H. The molecule has 15 rings (SSSR count). The van der Waals surface area contributed by atoms with Gasteiger partial charge in [-0.1, -0.05) is 153 Å². The van der Waals surface area contributed by atoms with Gasteiger partial charge in [0.2, 0.25) is 0 Å². The predicted octanol–water partition coefficient (Wildman–Crippen LogP) is 22.5. The maximum absolute atomic E-state index is 13.1. The van der Waals surface area contributed by atoms with Crippen molar-refractivity contribution in [2.75, 3.05) is 173 Å². The molecule has 22 nitrogen and oxygen atoms in total. The molecule has 12 aromatic rings. The second-order valence-corrected chi connectivity index (χ2v) is 35.7. The number of nitrogens with one attached hydrogen (secondary N) is 1. The summed E-state index contributed by atoms with van der Waals surface area (Å²) in [7, 11) is 31.8. The minimum Gasteiger partial charge on any atom is -0.507 e. The Kier molecular flexibility index (Phi) is 37.4. The number of aromatic hydroxyl groups is 2. The number of aromatic carboxylic acids is 2. The number of carboxylic acids is 2. The van der Waals surface area contributed by atoms with Gasteiger partial charge in [-0.3, -0.25) is 0 Å². The molecule has 706 valence electrons. The highest BCUT2D eigenvalue weighted by molar-refractivity contribution is 7.99. The van der Waals surface area contributed by atoms with Gasteiger partial charge in [-0.2, -0.15) is 13.2 Å². The maximum Gasteiger partial charge on any atom is 0.416 e. The molecular formula is C107H134F3N15O7S. The van der Waals surface area contributed by atoms with Gasteiger partial charge >= 0.3 is 18.1 Å². The topological polar surface area (TPSA) is 273 Å². The van der Waals surface area contributed by atoms with E-state index in [0.29, 0.717) is 58.3 Å². The molecule has 12 aromatic carbocycles. The largest absolute Gasteiger partial charge is 0.507 e. The van der Waals surface area contributed by atoms with E-state index in [4.69, 9.17) is 27.7 Å². The number of alkyl halides is 3. The number of fused-ring (bicyclic) bond motifs is 2. The first-order chi connectivity index (χ1) is 63.2. The lowest BCUT2D eigenvalue weighted by atomic mass is 9.86. The molecule has 0 amide bonds. The molecule has 0 radical (unpaired) electrons. The number of halogens is 3. The third-order valence-corrected chi connectivity index (χ3v) is 24.5. The minimum absolute atomic E-state index is 0.121. The second kappa shape index (κ2) is 48.1. The molecule has 0 saturated heterocycles. The summed E-state index contributed by atoms with van der Waals surface area (Å²) in [5.41, 5.74) is 44.6. The lowest BCUT2D eigenvalue weighted by molar-refractivity contribution is -0.137. The first-order valence-corrected chi connectivity index (χ1v) is 45.3. The smallest absolute Gasteiger partial charge is 0.416 e. The van der Waals surface area contributed by atoms with Gasteiger partial charge in [-0.25, -0.2) is 9.59 Å². The number of carbonyl (C=O) groups is 2. The van der Waals surface area contributed by atoms with Crippen molar-refractivity contribution in [3.8, 4) is 23.0 Å². The summed E-state index contributed by atoms with van der Waals surface area (Å²) in [5.74, 6) is -0.169. The Bertz CT molecular complexity index is 5560. The number of carboxylic acid groups (broad SMARTS) is 2. The Morgan fingerprint density at radius 2 is 0.647 bits per heavy atom. The number of para-hydroxylation sites is 10. The van der Waals surface area contributed by atoms with Crippen LogP contribution in [-0.4, -0.2) is 169 Å². The number of rotatable bonds is 20. The van der Waals surface area contributed by atoms with Crippen LogP contribution in [0.2, 0.25) is 0 Å². The third kappa shape index (κ3) is 27.9. The highest BCUT2D eigenvalue weighted by Crippen LogP contribution is 2.46. The lowest BCUT2D eigenvalue weighted by Gasteiger charge is -2.37. The van der Waals surface area contributed by atoms with Gasteiger partial charge in [-0.05, 0) is 203 Å². The molecule has 133 heavy (non-hydrogen) atoms. The Hall–Kier alpha value is -13.4. The van der Waals surface area contributed by atoms with Gasteiger partial charge in [0.25, 0.3) is 0 Å². The number of nitrogens with two attached hydrogens (primary N) is 4.